The molecule has 1 aliphatic carbocycles. The molecule has 170 valence electrons. The van der Waals surface area contributed by atoms with Crippen molar-refractivity contribution in [2.24, 2.45) is 5.92 Å². The predicted molar refractivity (Wildman–Crippen MR) is 125 cm³/mol. The van der Waals surface area contributed by atoms with Gasteiger partial charge in [-0.15, -0.1) is 11.3 Å². The SMILES string of the molecule is CCCCn1c(N)c(N(Cc2ccco2)C(=O)c2cc3c(s2)CC[C@H](C)C3)c(=O)[nH]c1=O. The zero-order valence-corrected chi connectivity index (χ0v) is 19.2. The number of hydrogen-bond acceptors (Lipinski definition) is 6. The highest BCUT2D eigenvalue weighted by atomic mass is 32.1. The van der Waals surface area contributed by atoms with Crippen molar-refractivity contribution in [3.05, 3.63) is 66.4 Å². The molecule has 3 aromatic heterocycles. The molecule has 32 heavy (non-hydrogen) atoms. The summed E-state index contributed by atoms with van der Waals surface area (Å²) in [5.74, 6) is 0.756. The van der Waals surface area contributed by atoms with E-state index in [1.165, 1.54) is 37.5 Å². The van der Waals surface area contributed by atoms with Gasteiger partial charge in [0.1, 0.15) is 11.6 Å². The van der Waals surface area contributed by atoms with Crippen LogP contribution in [0.1, 0.15) is 59.0 Å². The standard InChI is InChI=1S/C23H28N4O4S/c1-3-4-9-26-20(24)19(21(28)25-23(26)30)27(13-16-6-5-10-31-16)22(29)18-12-15-11-14(2)7-8-17(15)32-18/h5-6,10,12,14H,3-4,7-9,11,13,24H2,1-2H3,(H,25,28,30)/t14-/m0/s1. The van der Waals surface area contributed by atoms with E-state index in [0.717, 1.165) is 32.1 Å². The molecule has 3 N–H and O–H groups in total. The van der Waals surface area contributed by atoms with E-state index < -0.39 is 11.2 Å². The maximum atomic E-state index is 13.7. The van der Waals surface area contributed by atoms with Gasteiger partial charge in [-0.25, -0.2) is 4.79 Å². The summed E-state index contributed by atoms with van der Waals surface area (Å²) in [7, 11) is 0. The number of aromatic amines is 1. The minimum absolute atomic E-state index is 0.0120. The van der Waals surface area contributed by atoms with E-state index >= 15 is 0 Å². The lowest BCUT2D eigenvalue weighted by atomic mass is 9.90. The fourth-order valence-corrected chi connectivity index (χ4v) is 5.29. The van der Waals surface area contributed by atoms with Crippen molar-refractivity contribution >= 4 is 28.7 Å². The number of thiophene rings is 1. The number of nitrogen functional groups attached to an aromatic ring is 1. The van der Waals surface area contributed by atoms with Gasteiger partial charge in [0.2, 0.25) is 0 Å². The summed E-state index contributed by atoms with van der Waals surface area (Å²) in [6.07, 6.45) is 6.09. The lowest BCUT2D eigenvalue weighted by molar-refractivity contribution is 0.0986. The molecule has 1 atom stereocenters. The predicted octanol–water partition coefficient (Wildman–Crippen LogP) is 3.55. The van der Waals surface area contributed by atoms with E-state index in [4.69, 9.17) is 10.2 Å². The van der Waals surface area contributed by atoms with Gasteiger partial charge >= 0.3 is 5.69 Å². The van der Waals surface area contributed by atoms with E-state index in [9.17, 15) is 14.4 Å². The first kappa shape index (κ1) is 22.1. The first-order chi connectivity index (χ1) is 15.4. The van der Waals surface area contributed by atoms with Crippen LogP contribution in [0.5, 0.6) is 0 Å². The van der Waals surface area contributed by atoms with Gasteiger partial charge in [0, 0.05) is 11.4 Å². The molecule has 0 aliphatic heterocycles. The zero-order chi connectivity index (χ0) is 22.8. The van der Waals surface area contributed by atoms with Crippen molar-refractivity contribution in [1.29, 1.82) is 0 Å². The number of H-pyrrole nitrogens is 1. The number of unbranched alkanes of at least 4 members (excludes halogenated alkanes) is 1. The second kappa shape index (κ2) is 9.20. The number of fused-ring (bicyclic) bond motifs is 1. The molecular weight excluding hydrogens is 428 g/mol. The van der Waals surface area contributed by atoms with Crippen molar-refractivity contribution in [2.75, 3.05) is 10.6 Å². The van der Waals surface area contributed by atoms with E-state index in [1.54, 1.807) is 12.1 Å². The van der Waals surface area contributed by atoms with Crippen molar-refractivity contribution in [3.63, 3.8) is 0 Å². The van der Waals surface area contributed by atoms with Crippen LogP contribution in [0.4, 0.5) is 11.5 Å². The topological polar surface area (TPSA) is 114 Å². The van der Waals surface area contributed by atoms with Crippen molar-refractivity contribution in [3.8, 4) is 0 Å². The smallest absolute Gasteiger partial charge is 0.330 e. The molecule has 3 aromatic rings. The molecule has 0 radical (unpaired) electrons. The Balaban J connectivity index is 1.79. The van der Waals surface area contributed by atoms with Crippen LogP contribution in [-0.4, -0.2) is 15.5 Å². The average molecular weight is 457 g/mol. The molecule has 0 saturated carbocycles. The molecule has 1 aliphatic rings. The highest BCUT2D eigenvalue weighted by Gasteiger charge is 2.29. The summed E-state index contributed by atoms with van der Waals surface area (Å²) in [6, 6.07) is 5.39. The van der Waals surface area contributed by atoms with E-state index in [2.05, 4.69) is 11.9 Å². The normalized spacial score (nSPS) is 15.5. The Labute approximate surface area is 189 Å². The van der Waals surface area contributed by atoms with Gasteiger partial charge in [0.15, 0.2) is 5.69 Å². The Hall–Kier alpha value is -3.07. The summed E-state index contributed by atoms with van der Waals surface area (Å²) in [5, 5.41) is 0. The van der Waals surface area contributed by atoms with Gasteiger partial charge in [0.25, 0.3) is 11.5 Å². The fraction of sp³-hybridized carbons (Fsp3) is 0.435. The summed E-state index contributed by atoms with van der Waals surface area (Å²) in [5.41, 5.74) is 6.22. The van der Waals surface area contributed by atoms with Crippen LogP contribution in [0.25, 0.3) is 0 Å². The molecule has 0 saturated heterocycles. The van der Waals surface area contributed by atoms with Crippen molar-refractivity contribution < 1.29 is 9.21 Å². The van der Waals surface area contributed by atoms with Gasteiger partial charge in [0.05, 0.1) is 17.7 Å². The first-order valence-electron chi connectivity index (χ1n) is 11.0. The maximum Gasteiger partial charge on any atom is 0.330 e. The maximum absolute atomic E-state index is 13.7. The Morgan fingerprint density at radius 3 is 2.94 bits per heavy atom. The fourth-order valence-electron chi connectivity index (χ4n) is 4.13. The number of nitrogens with zero attached hydrogens (tertiary/aromatic N) is 2. The Morgan fingerprint density at radius 2 is 2.22 bits per heavy atom. The summed E-state index contributed by atoms with van der Waals surface area (Å²) >= 11 is 1.47. The van der Waals surface area contributed by atoms with Crippen LogP contribution in [0.15, 0.2) is 38.5 Å². The third kappa shape index (κ3) is 4.29. The largest absolute Gasteiger partial charge is 0.467 e. The lowest BCUT2D eigenvalue weighted by Gasteiger charge is -2.23. The summed E-state index contributed by atoms with van der Waals surface area (Å²) in [6.45, 7) is 4.61. The molecule has 1 amide bonds. The van der Waals surface area contributed by atoms with Gasteiger partial charge in [-0.3, -0.25) is 24.0 Å². The van der Waals surface area contributed by atoms with E-state index in [1.807, 2.05) is 13.0 Å². The zero-order valence-electron chi connectivity index (χ0n) is 18.3. The number of hydrogen-bond donors (Lipinski definition) is 2. The van der Waals surface area contributed by atoms with E-state index in [-0.39, 0.29) is 24.0 Å². The van der Waals surface area contributed by atoms with Crippen LogP contribution < -0.4 is 21.9 Å². The Kier molecular flexibility index (Phi) is 6.36. The second-order valence-electron chi connectivity index (χ2n) is 8.38. The number of furan rings is 1. The van der Waals surface area contributed by atoms with Gasteiger partial charge < -0.3 is 10.2 Å². The Bertz CT molecular complexity index is 1220. The van der Waals surface area contributed by atoms with Gasteiger partial charge in [-0.05, 0) is 55.4 Å². The minimum atomic E-state index is -0.685. The van der Waals surface area contributed by atoms with Gasteiger partial charge in [-0.2, -0.15) is 0 Å². The average Bonchev–Trinajstić information content (AvgIpc) is 3.41. The number of carbonyl (C=O) groups is 1. The highest BCUT2D eigenvalue weighted by Crippen LogP contribution is 2.34. The molecular formula is C23H28N4O4S. The highest BCUT2D eigenvalue weighted by molar-refractivity contribution is 7.14. The van der Waals surface area contributed by atoms with Crippen LogP contribution >= 0.6 is 11.3 Å². The molecule has 8 nitrogen and oxygen atoms in total. The Morgan fingerprint density at radius 1 is 1.41 bits per heavy atom. The third-order valence-electron chi connectivity index (χ3n) is 5.90. The molecule has 9 heteroatoms. The van der Waals surface area contributed by atoms with Crippen LogP contribution in [-0.2, 0) is 25.9 Å². The summed E-state index contributed by atoms with van der Waals surface area (Å²) < 4.78 is 6.78. The lowest BCUT2D eigenvalue weighted by Crippen LogP contribution is -2.40. The number of nitrogens with one attached hydrogen (secondary N) is 1. The molecule has 3 heterocycles. The first-order valence-corrected chi connectivity index (χ1v) is 11.8. The number of anilines is 2. The molecule has 0 bridgehead atoms. The molecule has 0 spiro atoms. The molecule has 0 fully saturated rings. The monoisotopic (exact) mass is 456 g/mol. The minimum Gasteiger partial charge on any atom is -0.467 e. The number of aromatic nitrogens is 2. The number of aryl methyl sites for hydroxylation is 1. The van der Waals surface area contributed by atoms with Crippen molar-refractivity contribution in [2.45, 2.75) is 59.0 Å². The number of carbonyl (C=O) groups excluding carboxylic acids is 1. The number of amides is 1. The van der Waals surface area contributed by atoms with Crippen LogP contribution in [0.2, 0.25) is 0 Å². The summed E-state index contributed by atoms with van der Waals surface area (Å²) in [4.78, 5) is 44.3. The molecule has 4 rings (SSSR count). The van der Waals surface area contributed by atoms with Gasteiger partial charge in [-0.1, -0.05) is 20.3 Å². The quantitative estimate of drug-likeness (QED) is 0.564. The van der Waals surface area contributed by atoms with E-state index in [0.29, 0.717) is 23.1 Å². The third-order valence-corrected chi connectivity index (χ3v) is 7.12. The molecule has 0 aromatic carbocycles. The molecule has 0 unspecified atom stereocenters. The van der Waals surface area contributed by atoms with Crippen LogP contribution in [0.3, 0.4) is 0 Å². The number of rotatable bonds is 7. The number of nitrogens with two attached hydrogens (primary N) is 1. The second-order valence-corrected chi connectivity index (χ2v) is 9.51. The van der Waals surface area contributed by atoms with Crippen molar-refractivity contribution in [1.82, 2.24) is 9.55 Å². The van der Waals surface area contributed by atoms with Crippen LogP contribution in [0, 0.1) is 5.92 Å².